The third-order valence-electron chi connectivity index (χ3n) is 3.47. The van der Waals surface area contributed by atoms with Crippen molar-refractivity contribution < 1.29 is 17.9 Å². The van der Waals surface area contributed by atoms with Crippen LogP contribution in [0, 0.1) is 0 Å². The highest BCUT2D eigenvalue weighted by Crippen LogP contribution is 2.30. The van der Waals surface area contributed by atoms with Gasteiger partial charge in [-0.2, -0.15) is 13.2 Å². The molecule has 0 spiro atoms. The molecule has 1 aliphatic rings. The van der Waals surface area contributed by atoms with Gasteiger partial charge in [0.1, 0.15) is 18.0 Å². The molecule has 3 rings (SSSR count). The van der Waals surface area contributed by atoms with Gasteiger partial charge in [-0.3, -0.25) is 0 Å². The highest BCUT2D eigenvalue weighted by atomic mass is 19.4. The number of alkyl halides is 3. The Balaban J connectivity index is 1.72. The fraction of sp³-hybridized carbons (Fsp3) is 0.333. The summed E-state index contributed by atoms with van der Waals surface area (Å²) in [6.07, 6.45) is -2.91. The maximum atomic E-state index is 12.5. The quantitative estimate of drug-likeness (QED) is 0.940. The Hall–Kier alpha value is -2.35. The van der Waals surface area contributed by atoms with E-state index < -0.39 is 11.7 Å². The Bertz CT molecular complexity index is 655. The average molecular weight is 324 g/mol. The van der Waals surface area contributed by atoms with Crippen LogP contribution in [-0.2, 0) is 10.9 Å². The fourth-order valence-electron chi connectivity index (χ4n) is 2.27. The zero-order valence-electron chi connectivity index (χ0n) is 12.2. The Kier molecular flexibility index (Phi) is 4.33. The summed E-state index contributed by atoms with van der Waals surface area (Å²) in [4.78, 5) is 10.4. The van der Waals surface area contributed by atoms with E-state index in [1.165, 1.54) is 18.5 Å². The van der Waals surface area contributed by atoms with Gasteiger partial charge >= 0.3 is 6.18 Å². The van der Waals surface area contributed by atoms with E-state index in [1.54, 1.807) is 6.07 Å². The van der Waals surface area contributed by atoms with Gasteiger partial charge in [-0.25, -0.2) is 9.97 Å². The molecule has 8 heteroatoms. The molecule has 1 N–H and O–H groups in total. The SMILES string of the molecule is FC(F)(F)c1ccc(Nc2cc(N3CCOCC3)ncn2)cc1. The molecule has 0 saturated carbocycles. The Morgan fingerprint density at radius 3 is 2.39 bits per heavy atom. The molecule has 0 atom stereocenters. The second kappa shape index (κ2) is 6.41. The van der Waals surface area contributed by atoms with E-state index in [4.69, 9.17) is 4.74 Å². The van der Waals surface area contributed by atoms with Gasteiger partial charge in [0, 0.05) is 24.8 Å². The summed E-state index contributed by atoms with van der Waals surface area (Å²) in [6.45, 7) is 2.78. The van der Waals surface area contributed by atoms with Crippen LogP contribution in [0.5, 0.6) is 0 Å². The normalized spacial score (nSPS) is 15.5. The number of rotatable bonds is 3. The molecule has 1 aromatic heterocycles. The van der Waals surface area contributed by atoms with Crippen LogP contribution in [0.4, 0.5) is 30.5 Å². The van der Waals surface area contributed by atoms with Crippen LogP contribution in [0.15, 0.2) is 36.7 Å². The molecule has 0 radical (unpaired) electrons. The molecule has 2 aromatic rings. The van der Waals surface area contributed by atoms with Gasteiger partial charge in [-0.05, 0) is 24.3 Å². The van der Waals surface area contributed by atoms with Crippen molar-refractivity contribution in [1.82, 2.24) is 9.97 Å². The van der Waals surface area contributed by atoms with Crippen molar-refractivity contribution in [2.45, 2.75) is 6.18 Å². The van der Waals surface area contributed by atoms with E-state index in [0.717, 1.165) is 31.0 Å². The Morgan fingerprint density at radius 1 is 1.04 bits per heavy atom. The molecular formula is C15H15F3N4O. The van der Waals surface area contributed by atoms with E-state index in [2.05, 4.69) is 20.2 Å². The van der Waals surface area contributed by atoms with Crippen molar-refractivity contribution in [3.63, 3.8) is 0 Å². The maximum Gasteiger partial charge on any atom is 0.416 e. The van der Waals surface area contributed by atoms with Gasteiger partial charge in [0.15, 0.2) is 0 Å². The van der Waals surface area contributed by atoms with Crippen molar-refractivity contribution in [2.75, 3.05) is 36.5 Å². The summed E-state index contributed by atoms with van der Waals surface area (Å²) in [5, 5.41) is 2.99. The van der Waals surface area contributed by atoms with Gasteiger partial charge in [0.2, 0.25) is 0 Å². The summed E-state index contributed by atoms with van der Waals surface area (Å²) in [5.41, 5.74) is -0.149. The number of anilines is 3. The molecule has 1 aromatic carbocycles. The van der Waals surface area contributed by atoms with Gasteiger partial charge in [-0.1, -0.05) is 0 Å². The molecule has 0 amide bonds. The molecule has 0 unspecified atom stereocenters. The highest BCUT2D eigenvalue weighted by Gasteiger charge is 2.29. The third-order valence-corrected chi connectivity index (χ3v) is 3.47. The summed E-state index contributed by atoms with van der Waals surface area (Å²) in [5.74, 6) is 1.29. The molecule has 0 bridgehead atoms. The van der Waals surface area contributed by atoms with Gasteiger partial charge in [0.25, 0.3) is 0 Å². The molecule has 2 heterocycles. The van der Waals surface area contributed by atoms with E-state index in [9.17, 15) is 13.2 Å². The molecule has 1 aliphatic heterocycles. The third kappa shape index (κ3) is 3.89. The van der Waals surface area contributed by atoms with Crippen molar-refractivity contribution in [3.05, 3.63) is 42.2 Å². The van der Waals surface area contributed by atoms with Crippen molar-refractivity contribution in [3.8, 4) is 0 Å². The van der Waals surface area contributed by atoms with E-state index in [0.29, 0.717) is 24.7 Å². The average Bonchev–Trinajstić information content (AvgIpc) is 2.56. The highest BCUT2D eigenvalue weighted by molar-refractivity contribution is 5.59. The Labute approximate surface area is 131 Å². The molecule has 5 nitrogen and oxygen atoms in total. The van der Waals surface area contributed by atoms with Crippen LogP contribution in [0.2, 0.25) is 0 Å². The van der Waals surface area contributed by atoms with Crippen molar-refractivity contribution >= 4 is 17.3 Å². The number of benzene rings is 1. The predicted octanol–water partition coefficient (Wildman–Crippen LogP) is 3.08. The summed E-state index contributed by atoms with van der Waals surface area (Å²) < 4.78 is 42.9. The molecule has 1 saturated heterocycles. The predicted molar refractivity (Wildman–Crippen MR) is 79.8 cm³/mol. The minimum absolute atomic E-state index is 0.529. The number of nitrogens with one attached hydrogen (secondary N) is 1. The Morgan fingerprint density at radius 2 is 1.74 bits per heavy atom. The van der Waals surface area contributed by atoms with Crippen LogP contribution in [0.3, 0.4) is 0 Å². The molecule has 1 fully saturated rings. The van der Waals surface area contributed by atoms with E-state index in [-0.39, 0.29) is 0 Å². The van der Waals surface area contributed by atoms with E-state index >= 15 is 0 Å². The van der Waals surface area contributed by atoms with Gasteiger partial charge in [0.05, 0.1) is 18.8 Å². The number of hydrogen-bond donors (Lipinski definition) is 1. The smallest absolute Gasteiger partial charge is 0.378 e. The maximum absolute atomic E-state index is 12.5. The van der Waals surface area contributed by atoms with Gasteiger partial charge in [-0.15, -0.1) is 0 Å². The minimum Gasteiger partial charge on any atom is -0.378 e. The van der Waals surface area contributed by atoms with E-state index in [1.807, 2.05) is 0 Å². The van der Waals surface area contributed by atoms with Crippen LogP contribution in [0.1, 0.15) is 5.56 Å². The second-order valence-electron chi connectivity index (χ2n) is 5.06. The van der Waals surface area contributed by atoms with Gasteiger partial charge < -0.3 is 15.0 Å². The largest absolute Gasteiger partial charge is 0.416 e. The molecule has 122 valence electrons. The summed E-state index contributed by atoms with van der Waals surface area (Å²) in [6, 6.07) is 6.58. The van der Waals surface area contributed by atoms with Crippen LogP contribution >= 0.6 is 0 Å². The topological polar surface area (TPSA) is 50.3 Å². The zero-order chi connectivity index (χ0) is 16.3. The first-order valence-electron chi connectivity index (χ1n) is 7.11. The standard InChI is InChI=1S/C15H15F3N4O/c16-15(17,18)11-1-3-12(4-2-11)21-13-9-14(20-10-19-13)22-5-7-23-8-6-22/h1-4,9-10H,5-8H2,(H,19,20,21). The lowest BCUT2D eigenvalue weighted by molar-refractivity contribution is -0.137. The first-order valence-corrected chi connectivity index (χ1v) is 7.11. The first kappa shape index (κ1) is 15.5. The first-order chi connectivity index (χ1) is 11.0. The number of halogens is 3. The lowest BCUT2D eigenvalue weighted by Crippen LogP contribution is -2.36. The summed E-state index contributed by atoms with van der Waals surface area (Å²) >= 11 is 0. The molecule has 23 heavy (non-hydrogen) atoms. The molecule has 0 aliphatic carbocycles. The van der Waals surface area contributed by atoms with Crippen molar-refractivity contribution in [1.29, 1.82) is 0 Å². The lowest BCUT2D eigenvalue weighted by atomic mass is 10.2. The number of hydrogen-bond acceptors (Lipinski definition) is 5. The molecular weight excluding hydrogens is 309 g/mol. The zero-order valence-corrected chi connectivity index (χ0v) is 12.2. The van der Waals surface area contributed by atoms with Crippen LogP contribution in [0.25, 0.3) is 0 Å². The van der Waals surface area contributed by atoms with Crippen LogP contribution < -0.4 is 10.2 Å². The number of nitrogens with zero attached hydrogens (tertiary/aromatic N) is 3. The number of aromatic nitrogens is 2. The van der Waals surface area contributed by atoms with Crippen molar-refractivity contribution in [2.24, 2.45) is 0 Å². The minimum atomic E-state index is -4.34. The number of ether oxygens (including phenoxy) is 1. The fourth-order valence-corrected chi connectivity index (χ4v) is 2.27. The summed E-state index contributed by atoms with van der Waals surface area (Å²) in [7, 11) is 0. The number of morpholine rings is 1. The lowest BCUT2D eigenvalue weighted by Gasteiger charge is -2.27. The van der Waals surface area contributed by atoms with Crippen LogP contribution in [-0.4, -0.2) is 36.3 Å². The monoisotopic (exact) mass is 324 g/mol. The second-order valence-corrected chi connectivity index (χ2v) is 5.06.